The molecule has 92 valence electrons. The van der Waals surface area contributed by atoms with Crippen LogP contribution in [0.4, 0.5) is 5.69 Å². The molecule has 0 bridgehead atoms. The fourth-order valence-electron chi connectivity index (χ4n) is 1.73. The van der Waals surface area contributed by atoms with Gasteiger partial charge >= 0.3 is 0 Å². The van der Waals surface area contributed by atoms with Gasteiger partial charge in [0.1, 0.15) is 5.75 Å². The predicted molar refractivity (Wildman–Crippen MR) is 71.3 cm³/mol. The maximum absolute atomic E-state index is 9.14. The van der Waals surface area contributed by atoms with Crippen LogP contribution < -0.4 is 10.6 Å². The zero-order valence-electron chi connectivity index (χ0n) is 9.48. The Balaban J connectivity index is 1.74. The van der Waals surface area contributed by atoms with Crippen molar-refractivity contribution in [2.24, 2.45) is 0 Å². The lowest BCUT2D eigenvalue weighted by Gasteiger charge is -2.13. The van der Waals surface area contributed by atoms with Crippen LogP contribution in [0.3, 0.4) is 0 Å². The molecule has 0 unspecified atom stereocenters. The second-order valence-electron chi connectivity index (χ2n) is 4.02. The van der Waals surface area contributed by atoms with Crippen LogP contribution in [-0.4, -0.2) is 29.5 Å². The molecule has 1 fully saturated rings. The number of thiocarbonyl (C=S) groups is 1. The molecule has 1 aliphatic heterocycles. The summed E-state index contributed by atoms with van der Waals surface area (Å²) in [5.74, 6) is 0.244. The van der Waals surface area contributed by atoms with Gasteiger partial charge in [0, 0.05) is 18.8 Å². The number of nitrogens with one attached hydrogen (secondary N) is 2. The molecule has 0 saturated carbocycles. The van der Waals surface area contributed by atoms with E-state index in [4.69, 9.17) is 22.1 Å². The minimum Gasteiger partial charge on any atom is -0.508 e. The maximum atomic E-state index is 9.14. The molecule has 1 heterocycles. The summed E-state index contributed by atoms with van der Waals surface area (Å²) in [5, 5.41) is 15.9. The van der Waals surface area contributed by atoms with Crippen molar-refractivity contribution >= 4 is 23.0 Å². The molecule has 2 rings (SSSR count). The maximum Gasteiger partial charge on any atom is 0.170 e. The van der Waals surface area contributed by atoms with E-state index in [9.17, 15) is 0 Å². The number of aromatic hydroxyl groups is 1. The first kappa shape index (κ1) is 12.1. The molecule has 0 aliphatic carbocycles. The van der Waals surface area contributed by atoms with Gasteiger partial charge in [-0.2, -0.15) is 0 Å². The lowest BCUT2D eigenvalue weighted by Crippen LogP contribution is -2.34. The average Bonchev–Trinajstić information content (AvgIpc) is 2.83. The molecule has 0 amide bonds. The average molecular weight is 252 g/mol. The van der Waals surface area contributed by atoms with Gasteiger partial charge in [-0.15, -0.1) is 0 Å². The van der Waals surface area contributed by atoms with Crippen LogP contribution in [0.15, 0.2) is 24.3 Å². The second kappa shape index (κ2) is 5.84. The Morgan fingerprint density at radius 2 is 2.18 bits per heavy atom. The number of phenolic OH excluding ortho intramolecular Hbond substituents is 1. The molecule has 1 saturated heterocycles. The first-order valence-corrected chi connectivity index (χ1v) is 6.10. The molecule has 1 aromatic rings. The van der Waals surface area contributed by atoms with E-state index < -0.39 is 0 Å². The Bertz CT molecular complexity index is 375. The minimum absolute atomic E-state index is 0.244. The molecular weight excluding hydrogens is 236 g/mol. The summed E-state index contributed by atoms with van der Waals surface area (Å²) in [6.07, 6.45) is 2.49. The van der Waals surface area contributed by atoms with E-state index >= 15 is 0 Å². The normalized spacial score (nSPS) is 18.9. The second-order valence-corrected chi connectivity index (χ2v) is 4.43. The van der Waals surface area contributed by atoms with Crippen LogP contribution in [0.5, 0.6) is 5.75 Å². The van der Waals surface area contributed by atoms with E-state index in [1.807, 2.05) is 0 Å². The fraction of sp³-hybridized carbons (Fsp3) is 0.417. The molecule has 1 atom stereocenters. The molecule has 5 heteroatoms. The highest BCUT2D eigenvalue weighted by atomic mass is 32.1. The van der Waals surface area contributed by atoms with E-state index in [-0.39, 0.29) is 11.9 Å². The zero-order valence-corrected chi connectivity index (χ0v) is 10.3. The molecule has 1 aliphatic rings. The molecule has 0 aromatic heterocycles. The van der Waals surface area contributed by atoms with Crippen LogP contribution in [0.2, 0.25) is 0 Å². The van der Waals surface area contributed by atoms with E-state index in [0.29, 0.717) is 5.11 Å². The highest BCUT2D eigenvalue weighted by molar-refractivity contribution is 7.80. The molecule has 3 N–H and O–H groups in total. The monoisotopic (exact) mass is 252 g/mol. The zero-order chi connectivity index (χ0) is 12.1. The highest BCUT2D eigenvalue weighted by Crippen LogP contribution is 2.14. The van der Waals surface area contributed by atoms with Crippen LogP contribution in [0.1, 0.15) is 12.8 Å². The standard InChI is InChI=1S/C12H16N2O2S/c15-10-5-3-9(4-6-10)14-12(17)13-8-11-2-1-7-16-11/h3-6,11,15H,1-2,7-8H2,(H2,13,14,17)/t11-/m1/s1. The lowest BCUT2D eigenvalue weighted by atomic mass is 10.2. The van der Waals surface area contributed by atoms with Crippen LogP contribution >= 0.6 is 12.2 Å². The van der Waals surface area contributed by atoms with Crippen molar-refractivity contribution in [1.29, 1.82) is 0 Å². The van der Waals surface area contributed by atoms with E-state index in [1.165, 1.54) is 0 Å². The van der Waals surface area contributed by atoms with E-state index in [0.717, 1.165) is 31.7 Å². The molecule has 17 heavy (non-hydrogen) atoms. The van der Waals surface area contributed by atoms with Crippen molar-refractivity contribution < 1.29 is 9.84 Å². The predicted octanol–water partition coefficient (Wildman–Crippen LogP) is 1.86. The molecule has 0 radical (unpaired) electrons. The Morgan fingerprint density at radius 3 is 2.82 bits per heavy atom. The third kappa shape index (κ3) is 3.87. The molecule has 0 spiro atoms. The van der Waals surface area contributed by atoms with Crippen molar-refractivity contribution in [1.82, 2.24) is 5.32 Å². The number of phenols is 1. The third-order valence-electron chi connectivity index (χ3n) is 2.64. The van der Waals surface area contributed by atoms with E-state index in [2.05, 4.69) is 10.6 Å². The van der Waals surface area contributed by atoms with Gasteiger partial charge in [-0.05, 0) is 49.3 Å². The molecule has 4 nitrogen and oxygen atoms in total. The SMILES string of the molecule is Oc1ccc(NC(=S)NC[C@H]2CCCO2)cc1. The third-order valence-corrected chi connectivity index (χ3v) is 2.89. The van der Waals surface area contributed by atoms with Gasteiger partial charge in [0.2, 0.25) is 0 Å². The fourth-order valence-corrected chi connectivity index (χ4v) is 1.93. The van der Waals surface area contributed by atoms with Crippen LogP contribution in [0.25, 0.3) is 0 Å². The summed E-state index contributed by atoms with van der Waals surface area (Å²) in [5.41, 5.74) is 0.854. The Morgan fingerprint density at radius 1 is 1.41 bits per heavy atom. The molecular formula is C12H16N2O2S. The van der Waals surface area contributed by atoms with Crippen molar-refractivity contribution in [2.75, 3.05) is 18.5 Å². The number of hydrogen-bond acceptors (Lipinski definition) is 3. The van der Waals surface area contributed by atoms with Gasteiger partial charge in [0.25, 0.3) is 0 Å². The number of anilines is 1. The Hall–Kier alpha value is -1.33. The van der Waals surface area contributed by atoms with Crippen molar-refractivity contribution in [3.8, 4) is 5.75 Å². The minimum atomic E-state index is 0.244. The first-order valence-electron chi connectivity index (χ1n) is 5.69. The summed E-state index contributed by atoms with van der Waals surface area (Å²) in [6.45, 7) is 1.59. The molecule has 1 aromatic carbocycles. The van der Waals surface area contributed by atoms with Crippen molar-refractivity contribution in [2.45, 2.75) is 18.9 Å². The van der Waals surface area contributed by atoms with Gasteiger partial charge in [-0.1, -0.05) is 0 Å². The van der Waals surface area contributed by atoms with Gasteiger partial charge in [0.15, 0.2) is 5.11 Å². The van der Waals surface area contributed by atoms with Crippen molar-refractivity contribution in [3.05, 3.63) is 24.3 Å². The first-order chi connectivity index (χ1) is 8.24. The Kier molecular flexibility index (Phi) is 4.17. The smallest absolute Gasteiger partial charge is 0.170 e. The van der Waals surface area contributed by atoms with Gasteiger partial charge in [-0.25, -0.2) is 0 Å². The quantitative estimate of drug-likeness (QED) is 0.566. The largest absolute Gasteiger partial charge is 0.508 e. The number of rotatable bonds is 3. The number of hydrogen-bond donors (Lipinski definition) is 3. The van der Waals surface area contributed by atoms with Crippen LogP contribution in [-0.2, 0) is 4.74 Å². The van der Waals surface area contributed by atoms with Crippen molar-refractivity contribution in [3.63, 3.8) is 0 Å². The van der Waals surface area contributed by atoms with Crippen LogP contribution in [0, 0.1) is 0 Å². The summed E-state index contributed by atoms with van der Waals surface area (Å²) >= 11 is 5.16. The summed E-state index contributed by atoms with van der Waals surface area (Å²) in [4.78, 5) is 0. The van der Waals surface area contributed by atoms with Gasteiger partial charge in [-0.3, -0.25) is 0 Å². The summed E-state index contributed by atoms with van der Waals surface area (Å²) in [7, 11) is 0. The Labute approximate surface area is 106 Å². The highest BCUT2D eigenvalue weighted by Gasteiger charge is 2.15. The summed E-state index contributed by atoms with van der Waals surface area (Å²) in [6, 6.07) is 6.78. The topological polar surface area (TPSA) is 53.5 Å². The van der Waals surface area contributed by atoms with Gasteiger partial charge < -0.3 is 20.5 Å². The summed E-state index contributed by atoms with van der Waals surface area (Å²) < 4.78 is 5.49. The van der Waals surface area contributed by atoms with E-state index in [1.54, 1.807) is 24.3 Å². The van der Waals surface area contributed by atoms with Gasteiger partial charge in [0.05, 0.1) is 6.10 Å². The lowest BCUT2D eigenvalue weighted by molar-refractivity contribution is 0.114. The number of benzene rings is 1. The number of ether oxygens (including phenoxy) is 1.